The van der Waals surface area contributed by atoms with E-state index in [1.165, 1.54) is 24.8 Å². The molecule has 25 heavy (non-hydrogen) atoms. The van der Waals surface area contributed by atoms with Gasteiger partial charge in [-0.2, -0.15) is 0 Å². The summed E-state index contributed by atoms with van der Waals surface area (Å²) in [5, 5.41) is 0. The number of carbonyl (C=O) groups excluding carboxylic acids is 2. The summed E-state index contributed by atoms with van der Waals surface area (Å²) in [6.07, 6.45) is 10.6. The standard InChI is InChI=1S/C23H34O2/c1-15(24)18-9-11-22(4)19-7-6-16-14-17(25)8-10-20(16,2)23(19,5)13-12-21(18,22)3/h14,18-19H,6-13H2,1-5H3/t18-,19+,20+,21-,22+,23+/m1/s1. The third kappa shape index (κ3) is 1.92. The van der Waals surface area contributed by atoms with Crippen molar-refractivity contribution in [2.75, 3.05) is 0 Å². The van der Waals surface area contributed by atoms with Crippen molar-refractivity contribution in [3.63, 3.8) is 0 Å². The summed E-state index contributed by atoms with van der Waals surface area (Å²) in [4.78, 5) is 24.4. The van der Waals surface area contributed by atoms with Crippen LogP contribution in [0.1, 0.15) is 86.0 Å². The molecule has 0 bridgehead atoms. The monoisotopic (exact) mass is 342 g/mol. The molecule has 0 radical (unpaired) electrons. The zero-order valence-electron chi connectivity index (χ0n) is 16.7. The maximum atomic E-state index is 12.4. The van der Waals surface area contributed by atoms with E-state index in [9.17, 15) is 9.59 Å². The molecule has 138 valence electrons. The lowest BCUT2D eigenvalue weighted by atomic mass is 9.36. The molecule has 3 saturated carbocycles. The van der Waals surface area contributed by atoms with Crippen LogP contribution in [0.25, 0.3) is 0 Å². The molecule has 4 rings (SSSR count). The summed E-state index contributed by atoms with van der Waals surface area (Å²) in [5.74, 6) is 1.65. The number of Topliss-reactive ketones (excluding diaryl/α,β-unsaturated/α-hetero) is 1. The van der Waals surface area contributed by atoms with Crippen molar-refractivity contribution in [1.82, 2.24) is 0 Å². The Labute approximate surface area is 152 Å². The topological polar surface area (TPSA) is 34.1 Å². The number of fused-ring (bicyclic) bond motifs is 5. The van der Waals surface area contributed by atoms with Crippen LogP contribution in [-0.2, 0) is 9.59 Å². The highest BCUT2D eigenvalue weighted by Gasteiger charge is 2.69. The van der Waals surface area contributed by atoms with Crippen LogP contribution in [0.5, 0.6) is 0 Å². The molecule has 0 heterocycles. The molecule has 0 unspecified atom stereocenters. The highest BCUT2D eigenvalue weighted by molar-refractivity contribution is 5.91. The number of hydrogen-bond acceptors (Lipinski definition) is 2. The SMILES string of the molecule is CC(=O)[C@H]1CC[C@@]2(C)[C@@H]3CCC4=CC(=O)CC[C@]4(C)[C@@]3(C)CC[C@]12C. The predicted octanol–water partition coefficient (Wildman–Crippen LogP) is 5.50. The van der Waals surface area contributed by atoms with Gasteiger partial charge in [-0.25, -0.2) is 0 Å². The van der Waals surface area contributed by atoms with E-state index in [0.717, 1.165) is 25.7 Å². The first kappa shape index (κ1) is 17.5. The summed E-state index contributed by atoms with van der Waals surface area (Å²) in [5.41, 5.74) is 2.27. The molecule has 0 aromatic carbocycles. The first-order valence-electron chi connectivity index (χ1n) is 10.3. The number of allylic oxidation sites excluding steroid dienone is 1. The van der Waals surface area contributed by atoms with Crippen LogP contribution < -0.4 is 0 Å². The van der Waals surface area contributed by atoms with E-state index in [2.05, 4.69) is 27.7 Å². The maximum absolute atomic E-state index is 12.4. The minimum atomic E-state index is 0.158. The van der Waals surface area contributed by atoms with Gasteiger partial charge in [0, 0.05) is 12.3 Å². The van der Waals surface area contributed by atoms with Gasteiger partial charge in [0.05, 0.1) is 0 Å². The van der Waals surface area contributed by atoms with Crippen molar-refractivity contribution < 1.29 is 9.59 Å². The minimum Gasteiger partial charge on any atom is -0.300 e. The molecule has 0 amide bonds. The fourth-order valence-corrected chi connectivity index (χ4v) is 8.08. The van der Waals surface area contributed by atoms with E-state index in [0.29, 0.717) is 23.9 Å². The average molecular weight is 343 g/mol. The predicted molar refractivity (Wildman–Crippen MR) is 100 cm³/mol. The molecule has 0 N–H and O–H groups in total. The molecule has 3 fully saturated rings. The van der Waals surface area contributed by atoms with Crippen molar-refractivity contribution in [2.45, 2.75) is 86.0 Å². The lowest BCUT2D eigenvalue weighted by Crippen LogP contribution is -2.61. The van der Waals surface area contributed by atoms with Crippen molar-refractivity contribution in [1.29, 1.82) is 0 Å². The maximum Gasteiger partial charge on any atom is 0.155 e. The fraction of sp³-hybridized carbons (Fsp3) is 0.826. The molecular formula is C23H34O2. The molecule has 2 heteroatoms. The number of hydrogen-bond donors (Lipinski definition) is 0. The third-order valence-corrected chi connectivity index (χ3v) is 10.1. The van der Waals surface area contributed by atoms with Gasteiger partial charge < -0.3 is 0 Å². The smallest absolute Gasteiger partial charge is 0.155 e. The number of rotatable bonds is 1. The highest BCUT2D eigenvalue weighted by atomic mass is 16.1. The van der Waals surface area contributed by atoms with Crippen molar-refractivity contribution in [3.8, 4) is 0 Å². The Hall–Kier alpha value is -0.920. The zero-order chi connectivity index (χ0) is 18.3. The lowest BCUT2D eigenvalue weighted by molar-refractivity contribution is -0.169. The first-order chi connectivity index (χ1) is 11.6. The summed E-state index contributed by atoms with van der Waals surface area (Å²) >= 11 is 0. The van der Waals surface area contributed by atoms with E-state index in [1.54, 1.807) is 0 Å². The van der Waals surface area contributed by atoms with E-state index < -0.39 is 0 Å². The van der Waals surface area contributed by atoms with Gasteiger partial charge in [0.2, 0.25) is 0 Å². The Morgan fingerprint density at radius 3 is 2.28 bits per heavy atom. The summed E-state index contributed by atoms with van der Waals surface area (Å²) < 4.78 is 0. The Kier molecular flexibility index (Phi) is 3.55. The van der Waals surface area contributed by atoms with Crippen LogP contribution in [0.3, 0.4) is 0 Å². The zero-order valence-corrected chi connectivity index (χ0v) is 16.7. The van der Waals surface area contributed by atoms with Crippen molar-refractivity contribution in [3.05, 3.63) is 11.6 Å². The summed E-state index contributed by atoms with van der Waals surface area (Å²) in [7, 11) is 0. The Morgan fingerprint density at radius 2 is 1.60 bits per heavy atom. The molecule has 0 aliphatic heterocycles. The van der Waals surface area contributed by atoms with Gasteiger partial charge in [-0.15, -0.1) is 0 Å². The Morgan fingerprint density at radius 1 is 0.920 bits per heavy atom. The van der Waals surface area contributed by atoms with Crippen LogP contribution in [0.4, 0.5) is 0 Å². The minimum absolute atomic E-state index is 0.158. The Bertz CT molecular complexity index is 676. The van der Waals surface area contributed by atoms with Gasteiger partial charge in [0.25, 0.3) is 0 Å². The molecule has 0 spiro atoms. The van der Waals surface area contributed by atoms with E-state index in [4.69, 9.17) is 0 Å². The van der Waals surface area contributed by atoms with Gasteiger partial charge in [-0.1, -0.05) is 33.3 Å². The van der Waals surface area contributed by atoms with Crippen LogP contribution in [0, 0.1) is 33.5 Å². The lowest BCUT2D eigenvalue weighted by Gasteiger charge is -2.68. The second-order valence-electron chi connectivity index (χ2n) is 10.5. The molecular weight excluding hydrogens is 308 g/mol. The Balaban J connectivity index is 1.80. The molecule has 0 aromatic heterocycles. The highest BCUT2D eigenvalue weighted by Crippen LogP contribution is 2.76. The van der Waals surface area contributed by atoms with E-state index >= 15 is 0 Å². The van der Waals surface area contributed by atoms with Crippen LogP contribution in [0.15, 0.2) is 11.6 Å². The molecule has 4 aliphatic carbocycles. The van der Waals surface area contributed by atoms with Gasteiger partial charge in [-0.05, 0) is 85.5 Å². The largest absolute Gasteiger partial charge is 0.300 e. The number of ketones is 2. The summed E-state index contributed by atoms with van der Waals surface area (Å²) in [6, 6.07) is 0. The van der Waals surface area contributed by atoms with Gasteiger partial charge in [0.1, 0.15) is 5.78 Å². The normalized spacial score (nSPS) is 52.0. The quantitative estimate of drug-likeness (QED) is 0.630. The molecule has 4 aliphatic rings. The van der Waals surface area contributed by atoms with E-state index in [-0.39, 0.29) is 27.6 Å². The van der Waals surface area contributed by atoms with Crippen molar-refractivity contribution >= 4 is 11.6 Å². The number of carbonyl (C=O) groups is 2. The van der Waals surface area contributed by atoms with Crippen LogP contribution in [-0.4, -0.2) is 11.6 Å². The van der Waals surface area contributed by atoms with Gasteiger partial charge >= 0.3 is 0 Å². The van der Waals surface area contributed by atoms with Crippen molar-refractivity contribution in [2.24, 2.45) is 33.5 Å². The molecule has 0 saturated heterocycles. The third-order valence-electron chi connectivity index (χ3n) is 10.1. The second kappa shape index (κ2) is 5.08. The first-order valence-corrected chi connectivity index (χ1v) is 10.3. The van der Waals surface area contributed by atoms with Gasteiger partial charge in [-0.3, -0.25) is 9.59 Å². The molecule has 6 atom stereocenters. The molecule has 0 aromatic rings. The summed E-state index contributed by atoms with van der Waals surface area (Å²) in [6.45, 7) is 11.7. The van der Waals surface area contributed by atoms with Crippen LogP contribution in [0.2, 0.25) is 0 Å². The molecule has 2 nitrogen and oxygen atoms in total. The van der Waals surface area contributed by atoms with E-state index in [1.807, 2.05) is 13.0 Å². The van der Waals surface area contributed by atoms with Gasteiger partial charge in [0.15, 0.2) is 5.78 Å². The average Bonchev–Trinajstić information content (AvgIpc) is 2.81. The van der Waals surface area contributed by atoms with Crippen LogP contribution >= 0.6 is 0 Å². The fourth-order valence-electron chi connectivity index (χ4n) is 8.08. The second-order valence-corrected chi connectivity index (χ2v) is 10.5.